The van der Waals surface area contributed by atoms with Gasteiger partial charge in [0.25, 0.3) is 0 Å². The average molecular weight is 268 g/mol. The molecule has 0 N–H and O–H groups in total. The molecule has 1 unspecified atom stereocenters. The highest BCUT2D eigenvalue weighted by Crippen LogP contribution is 2.43. The molecule has 1 aromatic rings. The molecule has 1 aliphatic carbocycles. The maximum atomic E-state index is 4.68. The van der Waals surface area contributed by atoms with E-state index in [0.717, 1.165) is 4.47 Å². The number of hydrogen-bond acceptors (Lipinski definition) is 2. The van der Waals surface area contributed by atoms with Crippen molar-refractivity contribution in [3.63, 3.8) is 0 Å². The minimum Gasteiger partial charge on any atom is -0.224 e. The highest BCUT2D eigenvalue weighted by molar-refractivity contribution is 9.10. The van der Waals surface area contributed by atoms with Crippen molar-refractivity contribution >= 4 is 33.3 Å². The maximum absolute atomic E-state index is 4.68. The van der Waals surface area contributed by atoms with Crippen LogP contribution in [0.4, 0.5) is 0 Å². The van der Waals surface area contributed by atoms with Gasteiger partial charge in [-0.2, -0.15) is 0 Å². The number of rotatable bonds is 3. The molecule has 1 aromatic carbocycles. The molecule has 1 atom stereocenters. The van der Waals surface area contributed by atoms with Crippen LogP contribution < -0.4 is 0 Å². The highest BCUT2D eigenvalue weighted by atomic mass is 79.9. The summed E-state index contributed by atoms with van der Waals surface area (Å²) in [5.41, 5.74) is 1.24. The first-order valence-electron chi connectivity index (χ1n) is 4.63. The molecular weight excluding hydrogens is 258 g/mol. The summed E-state index contributed by atoms with van der Waals surface area (Å²) < 4.78 is 1.10. The minimum atomic E-state index is 0.227. The second-order valence-corrected chi connectivity index (χ2v) is 4.66. The van der Waals surface area contributed by atoms with Crippen LogP contribution in [0.3, 0.4) is 0 Å². The molecular formula is C11H10BrNS. The van der Waals surface area contributed by atoms with Crippen molar-refractivity contribution < 1.29 is 0 Å². The molecule has 1 aliphatic rings. The number of thiocarbonyl (C=S) groups is 1. The van der Waals surface area contributed by atoms with Gasteiger partial charge in [0.05, 0.1) is 11.2 Å². The lowest BCUT2D eigenvalue weighted by Crippen LogP contribution is -1.97. The van der Waals surface area contributed by atoms with E-state index in [9.17, 15) is 0 Å². The van der Waals surface area contributed by atoms with Crippen molar-refractivity contribution in [2.75, 3.05) is 0 Å². The van der Waals surface area contributed by atoms with Crippen molar-refractivity contribution in [3.8, 4) is 0 Å². The minimum absolute atomic E-state index is 0.227. The largest absolute Gasteiger partial charge is 0.224 e. The molecule has 1 nitrogen and oxygen atoms in total. The van der Waals surface area contributed by atoms with E-state index in [1.807, 2.05) is 12.1 Å². The topological polar surface area (TPSA) is 12.4 Å². The second kappa shape index (κ2) is 4.35. The van der Waals surface area contributed by atoms with Crippen LogP contribution in [0.5, 0.6) is 0 Å². The Hall–Kier alpha value is -0.500. The summed E-state index contributed by atoms with van der Waals surface area (Å²) >= 11 is 8.14. The van der Waals surface area contributed by atoms with Gasteiger partial charge in [-0.1, -0.05) is 28.1 Å². The lowest BCUT2D eigenvalue weighted by atomic mass is 10.0. The van der Waals surface area contributed by atoms with E-state index in [1.165, 1.54) is 18.4 Å². The summed E-state index contributed by atoms with van der Waals surface area (Å²) in [7, 11) is 0. The Morgan fingerprint density at radius 3 is 2.86 bits per heavy atom. The number of halogens is 1. The first kappa shape index (κ1) is 10.0. The fraction of sp³-hybridized carbons (Fsp3) is 0.364. The summed E-state index contributed by atoms with van der Waals surface area (Å²) in [5.74, 6) is 0.680. The standard InChI is InChI=1S/C11H10BrNS/c12-10-3-1-2-9(6-10)11(13-7-14)8-4-5-8/h1-3,6,8,11H,4-5H2. The molecule has 0 aliphatic heterocycles. The van der Waals surface area contributed by atoms with E-state index < -0.39 is 0 Å². The van der Waals surface area contributed by atoms with Gasteiger partial charge in [0.15, 0.2) is 0 Å². The Labute approximate surface area is 97.4 Å². The van der Waals surface area contributed by atoms with Crippen LogP contribution in [0.15, 0.2) is 33.7 Å². The van der Waals surface area contributed by atoms with Gasteiger partial charge in [-0.05, 0) is 48.7 Å². The first-order chi connectivity index (χ1) is 6.81. The second-order valence-electron chi connectivity index (χ2n) is 3.56. The van der Waals surface area contributed by atoms with Crippen molar-refractivity contribution in [1.82, 2.24) is 0 Å². The Morgan fingerprint density at radius 2 is 2.29 bits per heavy atom. The number of aliphatic imine (C=N–C) groups is 1. The number of hydrogen-bond donors (Lipinski definition) is 0. The quantitative estimate of drug-likeness (QED) is 0.596. The molecule has 0 aromatic heterocycles. The summed E-state index contributed by atoms with van der Waals surface area (Å²) in [6.45, 7) is 0. The van der Waals surface area contributed by atoms with E-state index >= 15 is 0 Å². The molecule has 0 spiro atoms. The van der Waals surface area contributed by atoms with E-state index in [4.69, 9.17) is 0 Å². The van der Waals surface area contributed by atoms with Crippen LogP contribution in [0.2, 0.25) is 0 Å². The molecule has 1 fully saturated rings. The van der Waals surface area contributed by atoms with Crippen molar-refractivity contribution in [2.24, 2.45) is 10.9 Å². The fourth-order valence-corrected chi connectivity index (χ4v) is 2.14. The summed E-state index contributed by atoms with van der Waals surface area (Å²) in [4.78, 5) is 4.24. The van der Waals surface area contributed by atoms with Gasteiger partial charge in [0.2, 0.25) is 0 Å². The molecule has 1 saturated carbocycles. The predicted molar refractivity (Wildman–Crippen MR) is 64.6 cm³/mol. The van der Waals surface area contributed by atoms with Gasteiger partial charge >= 0.3 is 0 Å². The van der Waals surface area contributed by atoms with Crippen LogP contribution >= 0.6 is 28.1 Å². The Balaban J connectivity index is 2.29. The third-order valence-electron chi connectivity index (χ3n) is 2.45. The molecule has 0 saturated heterocycles. The third-order valence-corrected chi connectivity index (χ3v) is 3.05. The molecule has 72 valence electrons. The van der Waals surface area contributed by atoms with Gasteiger partial charge in [-0.15, -0.1) is 0 Å². The van der Waals surface area contributed by atoms with Gasteiger partial charge < -0.3 is 0 Å². The summed E-state index contributed by atoms with van der Waals surface area (Å²) in [6, 6.07) is 8.50. The number of nitrogens with zero attached hydrogens (tertiary/aromatic N) is 1. The zero-order chi connectivity index (χ0) is 9.97. The zero-order valence-corrected chi connectivity index (χ0v) is 10.0. The average Bonchev–Trinajstić information content (AvgIpc) is 2.97. The summed E-state index contributed by atoms with van der Waals surface area (Å²) in [6.07, 6.45) is 2.52. The van der Waals surface area contributed by atoms with E-state index in [-0.39, 0.29) is 6.04 Å². The maximum Gasteiger partial charge on any atom is 0.0880 e. The zero-order valence-electron chi connectivity index (χ0n) is 7.61. The van der Waals surface area contributed by atoms with Crippen LogP contribution in [-0.2, 0) is 0 Å². The lowest BCUT2D eigenvalue weighted by molar-refractivity contribution is 0.640. The Morgan fingerprint density at radius 1 is 1.50 bits per heavy atom. The molecule has 0 heterocycles. The normalized spacial score (nSPS) is 17.2. The van der Waals surface area contributed by atoms with E-state index in [2.05, 4.69) is 50.4 Å². The lowest BCUT2D eigenvalue weighted by Gasteiger charge is -2.09. The van der Waals surface area contributed by atoms with Crippen molar-refractivity contribution in [1.29, 1.82) is 0 Å². The predicted octanol–water partition coefficient (Wildman–Crippen LogP) is 4.00. The number of isothiocyanates is 1. The summed E-state index contributed by atoms with van der Waals surface area (Å²) in [5, 5.41) is 2.50. The van der Waals surface area contributed by atoms with E-state index in [0.29, 0.717) is 5.92 Å². The van der Waals surface area contributed by atoms with Crippen LogP contribution in [0.25, 0.3) is 0 Å². The van der Waals surface area contributed by atoms with Crippen molar-refractivity contribution in [3.05, 3.63) is 34.3 Å². The van der Waals surface area contributed by atoms with Crippen molar-refractivity contribution in [2.45, 2.75) is 18.9 Å². The molecule has 3 heteroatoms. The SMILES string of the molecule is S=C=NC(c1cccc(Br)c1)C1CC1. The molecule has 0 bridgehead atoms. The molecule has 2 rings (SSSR count). The molecule has 0 radical (unpaired) electrons. The molecule has 14 heavy (non-hydrogen) atoms. The van der Waals surface area contributed by atoms with E-state index in [1.54, 1.807) is 0 Å². The monoisotopic (exact) mass is 267 g/mol. The van der Waals surface area contributed by atoms with Crippen LogP contribution in [-0.4, -0.2) is 5.16 Å². The van der Waals surface area contributed by atoms with Gasteiger partial charge in [-0.3, -0.25) is 0 Å². The van der Waals surface area contributed by atoms with Gasteiger partial charge in [-0.25, -0.2) is 4.99 Å². The fourth-order valence-electron chi connectivity index (χ4n) is 1.61. The highest BCUT2D eigenvalue weighted by Gasteiger charge is 2.32. The smallest absolute Gasteiger partial charge is 0.0880 e. The van der Waals surface area contributed by atoms with Crippen LogP contribution in [0.1, 0.15) is 24.4 Å². The first-order valence-corrected chi connectivity index (χ1v) is 5.84. The molecule has 0 amide bonds. The van der Waals surface area contributed by atoms with Gasteiger partial charge in [0, 0.05) is 4.47 Å². The van der Waals surface area contributed by atoms with Gasteiger partial charge in [0.1, 0.15) is 0 Å². The van der Waals surface area contributed by atoms with Crippen LogP contribution in [0, 0.1) is 5.92 Å². The number of benzene rings is 1. The third kappa shape index (κ3) is 2.30. The Bertz CT molecular complexity index is 381. The Kier molecular flexibility index (Phi) is 3.12.